The summed E-state index contributed by atoms with van der Waals surface area (Å²) < 4.78 is 38.9. The highest BCUT2D eigenvalue weighted by atomic mass is 32.1. The maximum atomic E-state index is 13.7. The van der Waals surface area contributed by atoms with E-state index >= 15 is 0 Å². The Labute approximate surface area is 136 Å². The second-order valence-electron chi connectivity index (χ2n) is 6.54. The predicted octanol–water partition coefficient (Wildman–Crippen LogP) is 4.22. The van der Waals surface area contributed by atoms with Crippen LogP contribution in [0.1, 0.15) is 38.8 Å². The van der Waals surface area contributed by atoms with Crippen LogP contribution in [0, 0.1) is 18.6 Å². The molecular weight excluding hydrogens is 305 g/mol. The molecule has 0 amide bonds. The number of halogens is 2. The van der Waals surface area contributed by atoms with Crippen molar-refractivity contribution in [1.29, 1.82) is 0 Å². The van der Waals surface area contributed by atoms with Gasteiger partial charge in [0.15, 0.2) is 11.6 Å². The molecule has 6 heteroatoms. The Bertz CT molecular complexity index is 598. The molecule has 1 aliphatic heterocycles. The van der Waals surface area contributed by atoms with Crippen molar-refractivity contribution in [2.45, 2.75) is 45.8 Å². The lowest BCUT2D eigenvalue weighted by Gasteiger charge is -2.32. The summed E-state index contributed by atoms with van der Waals surface area (Å²) in [4.78, 5) is 0. The van der Waals surface area contributed by atoms with E-state index in [2.05, 4.69) is 12.6 Å². The predicted molar refractivity (Wildman–Crippen MR) is 89.0 cm³/mol. The topological polar surface area (TPSA) is 18.5 Å². The van der Waals surface area contributed by atoms with Gasteiger partial charge in [-0.05, 0) is 57.3 Å². The van der Waals surface area contributed by atoms with Crippen LogP contribution in [-0.4, -0.2) is 24.1 Å². The van der Waals surface area contributed by atoms with Gasteiger partial charge in [0.05, 0.1) is 11.2 Å². The Balaban J connectivity index is 2.36. The van der Waals surface area contributed by atoms with E-state index in [1.54, 1.807) is 19.1 Å². The molecule has 2 nitrogen and oxygen atoms in total. The van der Waals surface area contributed by atoms with Crippen LogP contribution in [-0.2, 0) is 9.31 Å². The summed E-state index contributed by atoms with van der Waals surface area (Å²) in [5.41, 5.74) is 0.718. The normalized spacial score (nSPS) is 20.5. The quantitative estimate of drug-likeness (QED) is 0.662. The molecule has 1 aromatic carbocycles. The summed E-state index contributed by atoms with van der Waals surface area (Å²) >= 11 is 4.32. The molecule has 0 radical (unpaired) electrons. The van der Waals surface area contributed by atoms with Crippen molar-refractivity contribution >= 4 is 25.8 Å². The zero-order valence-corrected chi connectivity index (χ0v) is 14.4. The maximum absolute atomic E-state index is 13.7. The minimum atomic E-state index is -0.849. The van der Waals surface area contributed by atoms with Crippen molar-refractivity contribution < 1.29 is 18.1 Å². The molecule has 0 unspecified atom stereocenters. The summed E-state index contributed by atoms with van der Waals surface area (Å²) in [7, 11) is -0.546. The third-order valence-corrected chi connectivity index (χ3v) is 4.83. The Kier molecular flexibility index (Phi) is 4.76. The molecule has 120 valence electrons. The summed E-state index contributed by atoms with van der Waals surface area (Å²) in [5.74, 6) is -1.28. The molecule has 1 fully saturated rings. The van der Waals surface area contributed by atoms with E-state index in [0.717, 1.165) is 11.5 Å². The van der Waals surface area contributed by atoms with E-state index in [0.29, 0.717) is 11.3 Å². The summed E-state index contributed by atoms with van der Waals surface area (Å²) in [5, 5.41) is 0. The molecule has 2 rings (SSSR count). The number of hydrogen-bond donors (Lipinski definition) is 1. The average Bonchev–Trinajstić information content (AvgIpc) is 2.64. The summed E-state index contributed by atoms with van der Waals surface area (Å²) in [6.45, 7) is 9.40. The van der Waals surface area contributed by atoms with Gasteiger partial charge in [-0.3, -0.25) is 0 Å². The highest BCUT2D eigenvalue weighted by Crippen LogP contribution is 2.39. The zero-order valence-electron chi connectivity index (χ0n) is 13.5. The number of benzene rings is 1. The van der Waals surface area contributed by atoms with E-state index in [1.165, 1.54) is 0 Å². The summed E-state index contributed by atoms with van der Waals surface area (Å²) in [6.07, 6.45) is 1.76. The minimum Gasteiger partial charge on any atom is -0.400 e. The van der Waals surface area contributed by atoms with Gasteiger partial charge in [-0.2, -0.15) is 12.6 Å². The molecule has 0 aliphatic carbocycles. The second-order valence-corrected chi connectivity index (χ2v) is 6.86. The standard InChI is InChI=1S/C16H21BF2O2S/c1-10-11(6-7-13(18)14(10)19)8-12(9-22)17-20-15(2,3)16(4,5)21-17/h6-8,22H,9H2,1-5H3. The van der Waals surface area contributed by atoms with Gasteiger partial charge in [0.1, 0.15) is 0 Å². The van der Waals surface area contributed by atoms with Gasteiger partial charge in [-0.25, -0.2) is 8.78 Å². The van der Waals surface area contributed by atoms with Crippen LogP contribution < -0.4 is 0 Å². The lowest BCUT2D eigenvalue weighted by molar-refractivity contribution is 0.00578. The molecule has 0 aromatic heterocycles. The minimum absolute atomic E-state index is 0.260. The van der Waals surface area contributed by atoms with Crippen LogP contribution >= 0.6 is 12.6 Å². The number of hydrogen-bond acceptors (Lipinski definition) is 3. The van der Waals surface area contributed by atoms with Gasteiger partial charge in [0.2, 0.25) is 0 Å². The van der Waals surface area contributed by atoms with Crippen molar-refractivity contribution in [1.82, 2.24) is 0 Å². The monoisotopic (exact) mass is 326 g/mol. The first-order chi connectivity index (χ1) is 10.1. The Morgan fingerprint density at radius 3 is 2.23 bits per heavy atom. The second kappa shape index (κ2) is 5.98. The first-order valence-corrected chi connectivity index (χ1v) is 7.84. The Morgan fingerprint density at radius 1 is 1.18 bits per heavy atom. The van der Waals surface area contributed by atoms with Crippen LogP contribution in [0.25, 0.3) is 6.08 Å². The van der Waals surface area contributed by atoms with Crippen molar-refractivity contribution in [2.75, 3.05) is 5.75 Å². The van der Waals surface area contributed by atoms with Crippen molar-refractivity contribution in [3.05, 3.63) is 40.4 Å². The lowest BCUT2D eigenvalue weighted by atomic mass is 9.78. The molecule has 0 N–H and O–H groups in total. The van der Waals surface area contributed by atoms with Crippen LogP contribution in [0.2, 0.25) is 0 Å². The van der Waals surface area contributed by atoms with E-state index in [1.807, 2.05) is 27.7 Å². The van der Waals surface area contributed by atoms with Gasteiger partial charge in [-0.1, -0.05) is 12.1 Å². The fourth-order valence-corrected chi connectivity index (χ4v) is 2.45. The van der Waals surface area contributed by atoms with Crippen molar-refractivity contribution in [2.24, 2.45) is 0 Å². The molecule has 22 heavy (non-hydrogen) atoms. The van der Waals surface area contributed by atoms with Crippen molar-refractivity contribution in [3.63, 3.8) is 0 Å². The third-order valence-electron chi connectivity index (χ3n) is 4.46. The van der Waals surface area contributed by atoms with Crippen LogP contribution in [0.4, 0.5) is 8.78 Å². The highest BCUT2D eigenvalue weighted by molar-refractivity contribution is 7.80. The van der Waals surface area contributed by atoms with Crippen LogP contribution in [0.5, 0.6) is 0 Å². The molecule has 0 spiro atoms. The fourth-order valence-electron chi connectivity index (χ4n) is 2.21. The smallest absolute Gasteiger partial charge is 0.400 e. The van der Waals surface area contributed by atoms with E-state index in [4.69, 9.17) is 9.31 Å². The van der Waals surface area contributed by atoms with E-state index < -0.39 is 30.0 Å². The summed E-state index contributed by atoms with van der Waals surface area (Å²) in [6, 6.07) is 2.66. The van der Waals surface area contributed by atoms with Gasteiger partial charge in [-0.15, -0.1) is 0 Å². The molecule has 1 saturated heterocycles. The molecule has 0 atom stereocenters. The molecule has 0 saturated carbocycles. The maximum Gasteiger partial charge on any atom is 0.491 e. The third kappa shape index (κ3) is 3.10. The number of rotatable bonds is 3. The van der Waals surface area contributed by atoms with Gasteiger partial charge >= 0.3 is 7.12 Å². The van der Waals surface area contributed by atoms with E-state index in [9.17, 15) is 8.78 Å². The molecular formula is C16H21BF2O2S. The first kappa shape index (κ1) is 17.5. The van der Waals surface area contributed by atoms with Gasteiger partial charge < -0.3 is 9.31 Å². The highest BCUT2D eigenvalue weighted by Gasteiger charge is 2.52. The largest absolute Gasteiger partial charge is 0.491 e. The molecule has 1 aromatic rings. The Morgan fingerprint density at radius 2 is 1.73 bits per heavy atom. The number of thiol groups is 1. The van der Waals surface area contributed by atoms with E-state index in [-0.39, 0.29) is 5.56 Å². The average molecular weight is 326 g/mol. The van der Waals surface area contributed by atoms with Gasteiger partial charge in [0, 0.05) is 5.75 Å². The van der Waals surface area contributed by atoms with Crippen molar-refractivity contribution in [3.8, 4) is 0 Å². The van der Waals surface area contributed by atoms with Crippen LogP contribution in [0.3, 0.4) is 0 Å². The molecule has 1 aliphatic rings. The molecule has 0 bridgehead atoms. The first-order valence-electron chi connectivity index (χ1n) is 7.20. The molecule has 1 heterocycles. The SMILES string of the molecule is Cc1c(C=C(CS)B2OC(C)(C)C(C)(C)O2)ccc(F)c1F. The fraction of sp³-hybridized carbons (Fsp3) is 0.500. The lowest BCUT2D eigenvalue weighted by Crippen LogP contribution is -2.41. The zero-order chi connectivity index (χ0) is 16.7. The van der Waals surface area contributed by atoms with Crippen LogP contribution in [0.15, 0.2) is 17.6 Å². The van der Waals surface area contributed by atoms with Gasteiger partial charge in [0.25, 0.3) is 0 Å². The Hall–Kier alpha value is -0.845.